The molecule has 0 aromatic heterocycles. The van der Waals surface area contributed by atoms with Crippen molar-refractivity contribution in [3.05, 3.63) is 76.9 Å². The molecule has 3 saturated carbocycles. The molecule has 3 aliphatic carbocycles. The molecule has 2 aromatic carbocycles. The SMILES string of the molecule is CC1(C)COC(=O)[C@@H]1OC(=O)C=Cc1cccc(CN2O[C@@H]3[C@H]4OC(C5CC5)(C5CC5)O[C@H]4[C@H]4C[C@]3(C(=O)NCc3cccc(C(=O)NCCO)c3)[C@@H]2C(=O)O4)c1. The molecule has 15 heteroatoms. The van der Waals surface area contributed by atoms with Crippen molar-refractivity contribution in [2.24, 2.45) is 22.7 Å². The Kier molecular flexibility index (Phi) is 9.51. The number of hydrogen-bond acceptors (Lipinski definition) is 13. The Balaban J connectivity index is 0.977. The average molecular weight is 786 g/mol. The molecule has 2 aromatic rings. The summed E-state index contributed by atoms with van der Waals surface area (Å²) in [5, 5.41) is 16.4. The first kappa shape index (κ1) is 37.9. The number of aliphatic hydroxyl groups excluding tert-OH is 1. The van der Waals surface area contributed by atoms with E-state index in [2.05, 4.69) is 10.6 Å². The maximum absolute atomic E-state index is 14.8. The fraction of sp³-hybridized carbons (Fsp3) is 0.548. The predicted octanol–water partition coefficient (Wildman–Crippen LogP) is 2.33. The number of hydroxylamine groups is 2. The maximum atomic E-state index is 14.8. The van der Waals surface area contributed by atoms with Gasteiger partial charge in [-0.05, 0) is 60.6 Å². The minimum absolute atomic E-state index is 0.0800. The second kappa shape index (κ2) is 14.3. The van der Waals surface area contributed by atoms with Crippen LogP contribution < -0.4 is 10.6 Å². The smallest absolute Gasteiger partial charge is 0.348 e. The lowest BCUT2D eigenvalue weighted by atomic mass is 9.62. The Bertz CT molecular complexity index is 2000. The van der Waals surface area contributed by atoms with E-state index in [1.165, 1.54) is 11.1 Å². The molecule has 2 amide bonds. The van der Waals surface area contributed by atoms with E-state index in [1.54, 1.807) is 56.3 Å². The largest absolute Gasteiger partial charge is 0.462 e. The first-order valence-electron chi connectivity index (χ1n) is 19.8. The normalized spacial score (nSPS) is 32.1. The first-order chi connectivity index (χ1) is 27.4. The number of nitrogens with zero attached hydrogens (tertiary/aromatic N) is 1. The molecule has 2 bridgehead atoms. The van der Waals surface area contributed by atoms with Crippen LogP contribution in [0, 0.1) is 22.7 Å². The van der Waals surface area contributed by atoms with Crippen LogP contribution in [0.15, 0.2) is 54.6 Å². The Hall–Kier alpha value is -4.67. The summed E-state index contributed by atoms with van der Waals surface area (Å²) in [4.78, 5) is 73.1. The monoisotopic (exact) mass is 785 g/mol. The first-order valence-corrected chi connectivity index (χ1v) is 19.8. The van der Waals surface area contributed by atoms with E-state index in [1.807, 2.05) is 12.1 Å². The van der Waals surface area contributed by atoms with Crippen LogP contribution >= 0.6 is 0 Å². The number of benzene rings is 2. The molecule has 15 nitrogen and oxygen atoms in total. The third kappa shape index (κ3) is 6.72. The molecular formula is C42H47N3O12. The summed E-state index contributed by atoms with van der Waals surface area (Å²) < 4.78 is 30.4. The summed E-state index contributed by atoms with van der Waals surface area (Å²) in [6, 6.07) is 13.0. The van der Waals surface area contributed by atoms with Crippen LogP contribution in [0.2, 0.25) is 0 Å². The maximum Gasteiger partial charge on any atom is 0.348 e. The lowest BCUT2D eigenvalue weighted by Crippen LogP contribution is -2.69. The molecule has 57 heavy (non-hydrogen) atoms. The van der Waals surface area contributed by atoms with Gasteiger partial charge >= 0.3 is 17.9 Å². The summed E-state index contributed by atoms with van der Waals surface area (Å²) in [5.74, 6) is -2.91. The van der Waals surface area contributed by atoms with E-state index in [9.17, 15) is 24.0 Å². The van der Waals surface area contributed by atoms with E-state index in [4.69, 9.17) is 33.6 Å². The second-order valence-corrected chi connectivity index (χ2v) is 17.0. The fourth-order valence-electron chi connectivity index (χ4n) is 9.34. The molecule has 0 radical (unpaired) electrons. The molecule has 302 valence electrons. The number of carbonyl (C=O) groups is 5. The molecule has 7 aliphatic rings. The molecule has 7 fully saturated rings. The molecule has 4 saturated heterocycles. The van der Waals surface area contributed by atoms with Gasteiger partial charge in [-0.2, -0.15) is 5.06 Å². The number of carbonyl (C=O) groups excluding carboxylic acids is 5. The van der Waals surface area contributed by atoms with Gasteiger partial charge in [-0.15, -0.1) is 0 Å². The number of aliphatic hydroxyl groups is 1. The van der Waals surface area contributed by atoms with E-state index in [0.29, 0.717) is 16.7 Å². The van der Waals surface area contributed by atoms with Crippen molar-refractivity contribution in [3.63, 3.8) is 0 Å². The summed E-state index contributed by atoms with van der Waals surface area (Å²) in [6.45, 7) is 3.86. The number of hydrogen-bond donors (Lipinski definition) is 3. The van der Waals surface area contributed by atoms with Crippen molar-refractivity contribution in [1.29, 1.82) is 0 Å². The third-order valence-corrected chi connectivity index (χ3v) is 12.4. The highest BCUT2D eigenvalue weighted by molar-refractivity contribution is 5.95. The lowest BCUT2D eigenvalue weighted by molar-refractivity contribution is -0.235. The zero-order valence-corrected chi connectivity index (χ0v) is 31.8. The number of cyclic esters (lactones) is 1. The number of amides is 2. The van der Waals surface area contributed by atoms with Crippen LogP contribution in [0.3, 0.4) is 0 Å². The molecule has 4 heterocycles. The highest BCUT2D eigenvalue weighted by Crippen LogP contribution is 2.63. The third-order valence-electron chi connectivity index (χ3n) is 12.4. The van der Waals surface area contributed by atoms with Crippen molar-refractivity contribution < 1.29 is 57.6 Å². The summed E-state index contributed by atoms with van der Waals surface area (Å²) >= 11 is 0. The molecule has 0 unspecified atom stereocenters. The van der Waals surface area contributed by atoms with Gasteiger partial charge in [0.15, 0.2) is 11.8 Å². The van der Waals surface area contributed by atoms with Gasteiger partial charge in [-0.1, -0.05) is 50.2 Å². The van der Waals surface area contributed by atoms with Gasteiger partial charge in [0.25, 0.3) is 5.91 Å². The number of esters is 3. The van der Waals surface area contributed by atoms with Gasteiger partial charge in [0.1, 0.15) is 36.4 Å². The zero-order chi connectivity index (χ0) is 39.7. The van der Waals surface area contributed by atoms with Crippen molar-refractivity contribution >= 4 is 35.8 Å². The van der Waals surface area contributed by atoms with Crippen molar-refractivity contribution in [1.82, 2.24) is 15.7 Å². The van der Waals surface area contributed by atoms with Crippen LogP contribution in [0.1, 0.15) is 73.0 Å². The van der Waals surface area contributed by atoms with Crippen molar-refractivity contribution in [2.75, 3.05) is 19.8 Å². The molecule has 3 N–H and O–H groups in total. The topological polar surface area (TPSA) is 188 Å². The Morgan fingerprint density at radius 1 is 0.947 bits per heavy atom. The quantitative estimate of drug-likeness (QED) is 0.153. The zero-order valence-electron chi connectivity index (χ0n) is 31.8. The number of rotatable bonds is 13. The van der Waals surface area contributed by atoms with Crippen LogP contribution in [-0.2, 0) is 60.8 Å². The number of fused-ring (bicyclic) bond motifs is 4. The van der Waals surface area contributed by atoms with E-state index in [0.717, 1.165) is 31.2 Å². The van der Waals surface area contributed by atoms with Crippen molar-refractivity contribution in [3.8, 4) is 0 Å². The molecular weight excluding hydrogens is 738 g/mol. The van der Waals surface area contributed by atoms with Crippen LogP contribution in [-0.4, -0.2) is 102 Å². The summed E-state index contributed by atoms with van der Waals surface area (Å²) in [7, 11) is 0. The minimum Gasteiger partial charge on any atom is -0.462 e. The lowest BCUT2D eigenvalue weighted by Gasteiger charge is -2.48. The summed E-state index contributed by atoms with van der Waals surface area (Å²) in [6.07, 6.45) is 3.08. The van der Waals surface area contributed by atoms with Gasteiger partial charge in [-0.3, -0.25) is 19.2 Å². The van der Waals surface area contributed by atoms with Gasteiger partial charge in [0.05, 0.1) is 13.2 Å². The van der Waals surface area contributed by atoms with Crippen LogP contribution in [0.5, 0.6) is 0 Å². The number of nitrogens with one attached hydrogen (secondary N) is 2. The van der Waals surface area contributed by atoms with Gasteiger partial charge in [0.2, 0.25) is 12.0 Å². The molecule has 0 spiro atoms. The average Bonchev–Trinajstić information content (AvgIpc) is 4.14. The van der Waals surface area contributed by atoms with Crippen LogP contribution in [0.4, 0.5) is 0 Å². The van der Waals surface area contributed by atoms with E-state index >= 15 is 0 Å². The van der Waals surface area contributed by atoms with Gasteiger partial charge < -0.3 is 39.4 Å². The summed E-state index contributed by atoms with van der Waals surface area (Å²) in [5.41, 5.74) is 0.421. The van der Waals surface area contributed by atoms with Crippen molar-refractivity contribution in [2.45, 2.75) is 101 Å². The highest BCUT2D eigenvalue weighted by atomic mass is 16.8. The minimum atomic E-state index is -1.39. The molecule has 7 atom stereocenters. The second-order valence-electron chi connectivity index (χ2n) is 17.0. The van der Waals surface area contributed by atoms with Gasteiger partial charge in [0, 0.05) is 48.4 Å². The van der Waals surface area contributed by atoms with E-state index in [-0.39, 0.29) is 57.0 Å². The number of ether oxygens (including phenoxy) is 5. The molecule has 4 aliphatic heterocycles. The predicted molar refractivity (Wildman–Crippen MR) is 197 cm³/mol. The Morgan fingerprint density at radius 3 is 2.40 bits per heavy atom. The Morgan fingerprint density at radius 2 is 1.68 bits per heavy atom. The Labute approximate surface area is 329 Å². The standard InChI is InChI=1S/C42H47N3O12/c1-40(2)22-52-38(50)35(40)54-30(47)14-9-23-5-3-7-25(17-23)21-45-33-37(49)53-29-19-41(33,39(51)44-20-24-6-4-8-26(18-24)36(48)43-15-16-46)34(57-45)32-31(29)55-42(56-32,27-10-11-27)28-12-13-28/h3-9,14,17-18,27-29,31-35,46H,10-13,15-16,19-22H2,1-2H3,(H,43,48)(H,44,51)/t29-,31+,32+,33+,34-,35+,41+/m1/s1. The fourth-order valence-corrected chi connectivity index (χ4v) is 9.34. The van der Waals surface area contributed by atoms with Crippen LogP contribution in [0.25, 0.3) is 6.08 Å². The van der Waals surface area contributed by atoms with Gasteiger partial charge in [-0.25, -0.2) is 9.59 Å². The molecule has 9 rings (SSSR count). The highest BCUT2D eigenvalue weighted by Gasteiger charge is 2.78. The van der Waals surface area contributed by atoms with E-state index < -0.39 is 77.0 Å².